The van der Waals surface area contributed by atoms with Crippen molar-refractivity contribution in [2.75, 3.05) is 10.8 Å². The van der Waals surface area contributed by atoms with Gasteiger partial charge in [0.05, 0.1) is 22.7 Å². The van der Waals surface area contributed by atoms with Gasteiger partial charge in [-0.1, -0.05) is 72.3 Å². The van der Waals surface area contributed by atoms with Crippen molar-refractivity contribution in [3.05, 3.63) is 138 Å². The van der Waals surface area contributed by atoms with Gasteiger partial charge in [0.1, 0.15) is 11.3 Å². The molecule has 6 aromatic rings. The highest BCUT2D eigenvalue weighted by molar-refractivity contribution is 8.00. The van der Waals surface area contributed by atoms with E-state index in [1.165, 1.54) is 10.6 Å². The molecule has 1 aliphatic heterocycles. The van der Waals surface area contributed by atoms with Gasteiger partial charge in [-0.15, -0.1) is 11.8 Å². The molecule has 0 N–H and O–H groups in total. The number of thioether (sulfide) groups is 1. The van der Waals surface area contributed by atoms with Crippen LogP contribution in [0.4, 0.5) is 5.69 Å². The molecule has 0 radical (unpaired) electrons. The minimum Gasteiger partial charge on any atom is -0.454 e. The molecule has 0 saturated heterocycles. The number of aromatic nitrogens is 2. The Bertz CT molecular complexity index is 1920. The van der Waals surface area contributed by atoms with Gasteiger partial charge in [0.15, 0.2) is 5.76 Å². The van der Waals surface area contributed by atoms with Gasteiger partial charge in [0.25, 0.3) is 5.91 Å². The first-order chi connectivity index (χ1) is 20.6. The van der Waals surface area contributed by atoms with E-state index in [0.29, 0.717) is 28.5 Å². The van der Waals surface area contributed by atoms with E-state index < -0.39 is 0 Å². The Balaban J connectivity index is 1.33. The maximum absolute atomic E-state index is 13.9. The first kappa shape index (κ1) is 25.8. The number of fused-ring (bicyclic) bond motifs is 1. The van der Waals surface area contributed by atoms with Crippen LogP contribution in [0.5, 0.6) is 0 Å². The number of carbonyl (C=O) groups excluding carboxylic acids is 1. The molecule has 0 unspecified atom stereocenters. The van der Waals surface area contributed by atoms with Crippen LogP contribution in [0.25, 0.3) is 34.2 Å². The molecule has 7 rings (SSSR count). The summed E-state index contributed by atoms with van der Waals surface area (Å²) in [6.07, 6.45) is 3.84. The Morgan fingerprint density at radius 2 is 1.52 bits per heavy atom. The van der Waals surface area contributed by atoms with Gasteiger partial charge in [0.2, 0.25) is 0 Å². The lowest BCUT2D eigenvalue weighted by molar-refractivity contribution is -0.114. The van der Waals surface area contributed by atoms with Crippen molar-refractivity contribution in [3.8, 4) is 17.1 Å². The Hall–Kier alpha value is -5.14. The van der Waals surface area contributed by atoms with Crippen molar-refractivity contribution in [3.63, 3.8) is 0 Å². The molecule has 3 heterocycles. The second-order valence-electron chi connectivity index (χ2n) is 10.0. The minimum atomic E-state index is -0.177. The van der Waals surface area contributed by atoms with Crippen LogP contribution in [0.2, 0.25) is 0 Å². The first-order valence-electron chi connectivity index (χ1n) is 13.6. The molecule has 0 atom stereocenters. The van der Waals surface area contributed by atoms with Crippen LogP contribution >= 0.6 is 11.8 Å². The van der Waals surface area contributed by atoms with Gasteiger partial charge in [-0.2, -0.15) is 15.2 Å². The molecule has 1 amide bonds. The normalized spacial score (nSPS) is 14.2. The molecular weight excluding hydrogens is 540 g/mol. The van der Waals surface area contributed by atoms with Gasteiger partial charge in [-0.05, 0) is 61.5 Å². The smallest absolute Gasteiger partial charge is 0.280 e. The molecule has 6 nitrogen and oxygen atoms in total. The van der Waals surface area contributed by atoms with Crippen LogP contribution < -0.4 is 5.01 Å². The Labute approximate surface area is 247 Å². The van der Waals surface area contributed by atoms with Crippen molar-refractivity contribution >= 4 is 46.1 Å². The Kier molecular flexibility index (Phi) is 6.78. The van der Waals surface area contributed by atoms with E-state index in [0.717, 1.165) is 32.8 Å². The summed E-state index contributed by atoms with van der Waals surface area (Å²) in [5.41, 5.74) is 6.28. The third-order valence-corrected chi connectivity index (χ3v) is 8.10. The van der Waals surface area contributed by atoms with Crippen molar-refractivity contribution in [2.45, 2.75) is 11.8 Å². The van der Waals surface area contributed by atoms with Gasteiger partial charge >= 0.3 is 0 Å². The first-order valence-corrected chi connectivity index (χ1v) is 14.6. The second-order valence-corrected chi connectivity index (χ2v) is 11.1. The van der Waals surface area contributed by atoms with E-state index in [1.54, 1.807) is 11.8 Å². The van der Waals surface area contributed by atoms with Crippen LogP contribution in [-0.4, -0.2) is 27.2 Å². The Morgan fingerprint density at radius 3 is 2.26 bits per heavy atom. The largest absolute Gasteiger partial charge is 0.454 e. The monoisotopic (exact) mass is 566 g/mol. The predicted octanol–water partition coefficient (Wildman–Crippen LogP) is 8.17. The summed E-state index contributed by atoms with van der Waals surface area (Å²) >= 11 is 1.66. The number of benzene rings is 4. The number of amides is 1. The standard InChI is InChI=1S/C35H26N4O2S/c1-24-16-18-29(19-17-24)42-23-31-30(35(40)39(36-31)28-13-6-3-7-14-28)20-26-22-38(27-11-4-2-5-12-27)37-34(26)33-21-25-10-8-9-15-32(25)41-33/h2-22H,23H2,1H3. The highest BCUT2D eigenvalue weighted by Gasteiger charge is 2.32. The SMILES string of the molecule is Cc1ccc(SCC2=NN(c3ccccc3)C(=O)C2=Cc2cn(-c3ccccc3)nc2-c2cc3ccccc3o2)cc1. The van der Waals surface area contributed by atoms with Crippen LogP contribution in [0.3, 0.4) is 0 Å². The average Bonchev–Trinajstić information content (AvgIpc) is 3.74. The lowest BCUT2D eigenvalue weighted by Gasteiger charge is -2.10. The van der Waals surface area contributed by atoms with Crippen molar-refractivity contribution in [1.29, 1.82) is 0 Å². The number of aryl methyl sites for hydroxylation is 1. The molecule has 2 aromatic heterocycles. The summed E-state index contributed by atoms with van der Waals surface area (Å²) in [7, 11) is 0. The van der Waals surface area contributed by atoms with Gasteiger partial charge in [-0.3, -0.25) is 4.79 Å². The zero-order chi connectivity index (χ0) is 28.5. The molecule has 1 aliphatic rings. The number of hydrogen-bond donors (Lipinski definition) is 0. The summed E-state index contributed by atoms with van der Waals surface area (Å²) in [5.74, 6) is 0.996. The molecular formula is C35H26N4O2S. The zero-order valence-electron chi connectivity index (χ0n) is 22.8. The van der Waals surface area contributed by atoms with Gasteiger partial charge in [-0.25, -0.2) is 4.68 Å². The van der Waals surface area contributed by atoms with Crippen LogP contribution in [0.1, 0.15) is 11.1 Å². The fourth-order valence-corrected chi connectivity index (χ4v) is 5.74. The molecule has 0 bridgehead atoms. The quantitative estimate of drug-likeness (QED) is 0.144. The van der Waals surface area contributed by atoms with Crippen LogP contribution in [0, 0.1) is 6.92 Å². The van der Waals surface area contributed by atoms with E-state index in [1.807, 2.05) is 108 Å². The Morgan fingerprint density at radius 1 is 0.833 bits per heavy atom. The van der Waals surface area contributed by atoms with Crippen molar-refractivity contribution in [2.24, 2.45) is 5.10 Å². The average molecular weight is 567 g/mol. The fraction of sp³-hybridized carbons (Fsp3) is 0.0571. The summed E-state index contributed by atoms with van der Waals surface area (Å²) in [4.78, 5) is 15.0. The predicted molar refractivity (Wildman–Crippen MR) is 170 cm³/mol. The van der Waals surface area contributed by atoms with E-state index in [2.05, 4.69) is 31.2 Å². The number of hydrazone groups is 1. The number of rotatable bonds is 7. The number of furan rings is 1. The molecule has 7 heteroatoms. The minimum absolute atomic E-state index is 0.177. The maximum atomic E-state index is 13.9. The molecule has 204 valence electrons. The van der Waals surface area contributed by atoms with E-state index in [-0.39, 0.29) is 5.91 Å². The number of hydrogen-bond acceptors (Lipinski definition) is 5. The molecule has 4 aromatic carbocycles. The number of nitrogens with zero attached hydrogens (tertiary/aromatic N) is 4. The number of carbonyl (C=O) groups is 1. The summed E-state index contributed by atoms with van der Waals surface area (Å²) in [6, 6.07) is 37.7. The molecule has 0 aliphatic carbocycles. The molecule has 0 spiro atoms. The molecule has 0 saturated carbocycles. The third-order valence-electron chi connectivity index (χ3n) is 7.07. The summed E-state index contributed by atoms with van der Waals surface area (Å²) < 4.78 is 8.05. The topological polar surface area (TPSA) is 63.6 Å². The third kappa shape index (κ3) is 5.06. The van der Waals surface area contributed by atoms with Crippen LogP contribution in [0.15, 0.2) is 141 Å². The van der Waals surface area contributed by atoms with E-state index >= 15 is 0 Å². The summed E-state index contributed by atoms with van der Waals surface area (Å²) in [6.45, 7) is 2.07. The zero-order valence-corrected chi connectivity index (χ0v) is 23.7. The van der Waals surface area contributed by atoms with Gasteiger partial charge < -0.3 is 4.42 Å². The van der Waals surface area contributed by atoms with Crippen molar-refractivity contribution in [1.82, 2.24) is 9.78 Å². The highest BCUT2D eigenvalue weighted by atomic mass is 32.2. The summed E-state index contributed by atoms with van der Waals surface area (Å²) in [5, 5.41) is 12.2. The van der Waals surface area contributed by atoms with Gasteiger partial charge in [0, 0.05) is 27.8 Å². The lowest BCUT2D eigenvalue weighted by atomic mass is 10.1. The van der Waals surface area contributed by atoms with Crippen molar-refractivity contribution < 1.29 is 9.21 Å². The molecule has 42 heavy (non-hydrogen) atoms. The number of anilines is 1. The maximum Gasteiger partial charge on any atom is 0.280 e. The van der Waals surface area contributed by atoms with E-state index in [9.17, 15) is 4.79 Å². The highest BCUT2D eigenvalue weighted by Crippen LogP contribution is 2.33. The molecule has 0 fully saturated rings. The second kappa shape index (κ2) is 11.0. The lowest BCUT2D eigenvalue weighted by Crippen LogP contribution is -2.21. The number of para-hydroxylation sites is 3. The van der Waals surface area contributed by atoms with E-state index in [4.69, 9.17) is 14.6 Å². The van der Waals surface area contributed by atoms with Crippen LogP contribution in [-0.2, 0) is 4.79 Å². The fourth-order valence-electron chi connectivity index (χ4n) is 4.89.